The third kappa shape index (κ3) is 9.54. The molecule has 3 aromatic carbocycles. The second-order valence-electron chi connectivity index (χ2n) is 17.0. The molecule has 0 fully saturated rings. The zero-order chi connectivity index (χ0) is 44.2. The van der Waals surface area contributed by atoms with E-state index in [0.717, 1.165) is 46.7 Å². The Labute approximate surface area is 396 Å². The van der Waals surface area contributed by atoms with E-state index < -0.39 is 5.97 Å². The summed E-state index contributed by atoms with van der Waals surface area (Å²) < 4.78 is 4.81. The van der Waals surface area contributed by atoms with Gasteiger partial charge in [0.15, 0.2) is 0 Å². The molecule has 0 amide bonds. The molecule has 0 radical (unpaired) electrons. The van der Waals surface area contributed by atoms with Gasteiger partial charge in [0.1, 0.15) is 11.6 Å². The number of nitrogens with zero attached hydrogens (tertiary/aromatic N) is 2. The molecule has 4 nitrogen and oxygen atoms in total. The zero-order valence-electron chi connectivity index (χ0n) is 36.7. The third-order valence-electron chi connectivity index (χ3n) is 12.4. The van der Waals surface area contributed by atoms with Crippen LogP contribution in [-0.4, -0.2) is 16.8 Å². The van der Waals surface area contributed by atoms with Crippen LogP contribution < -0.4 is 0 Å². The minimum atomic E-state index is -1.19. The normalized spacial score (nSPS) is 14.2. The number of rotatable bonds is 17. The second-order valence-corrected chi connectivity index (χ2v) is 22.3. The highest BCUT2D eigenvalue weighted by atomic mass is 32.1. The number of carbonyl (C=O) groups is 1. The minimum Gasteiger partial charge on any atom is -0.477 e. The number of aliphatic imine (C=N–C) groups is 1. The summed E-state index contributed by atoms with van der Waals surface area (Å²) in [4.78, 5) is 24.5. The number of unbranched alkanes of at least 4 members (excludes halogenated alkanes) is 6. The van der Waals surface area contributed by atoms with Gasteiger partial charge in [-0.1, -0.05) is 125 Å². The van der Waals surface area contributed by atoms with Crippen molar-refractivity contribution in [1.29, 1.82) is 5.26 Å². The van der Waals surface area contributed by atoms with Crippen LogP contribution in [0.2, 0.25) is 0 Å². The second kappa shape index (κ2) is 20.1. The van der Waals surface area contributed by atoms with Gasteiger partial charge in [-0.2, -0.15) is 5.26 Å². The number of benzene rings is 3. The molecule has 324 valence electrons. The summed E-state index contributed by atoms with van der Waals surface area (Å²) in [5, 5.41) is 18.8. The smallest absolute Gasteiger partial charge is 0.346 e. The Morgan fingerprint density at radius 1 is 0.719 bits per heavy atom. The number of fused-ring (bicyclic) bond motifs is 4. The van der Waals surface area contributed by atoms with Gasteiger partial charge in [-0.15, -0.1) is 56.7 Å². The predicted octanol–water partition coefficient (Wildman–Crippen LogP) is 17.7. The first-order valence-electron chi connectivity index (χ1n) is 22.7. The van der Waals surface area contributed by atoms with Gasteiger partial charge >= 0.3 is 5.97 Å². The van der Waals surface area contributed by atoms with Gasteiger partial charge < -0.3 is 5.11 Å². The van der Waals surface area contributed by atoms with Crippen LogP contribution in [0, 0.1) is 18.3 Å². The number of carboxylic acids is 1. The summed E-state index contributed by atoms with van der Waals surface area (Å²) in [7, 11) is 0. The van der Waals surface area contributed by atoms with E-state index in [2.05, 4.69) is 112 Å². The Bertz CT molecular complexity index is 3030. The van der Waals surface area contributed by atoms with Crippen molar-refractivity contribution in [3.05, 3.63) is 141 Å². The molecule has 9 heteroatoms. The number of nitriles is 1. The highest BCUT2D eigenvalue weighted by Crippen LogP contribution is 2.51. The van der Waals surface area contributed by atoms with Gasteiger partial charge in [-0.05, 0) is 115 Å². The molecule has 0 spiro atoms. The molecule has 1 aliphatic rings. The van der Waals surface area contributed by atoms with Crippen LogP contribution in [0.25, 0.3) is 54.8 Å². The van der Waals surface area contributed by atoms with E-state index in [1.54, 1.807) is 22.7 Å². The van der Waals surface area contributed by atoms with Crippen molar-refractivity contribution in [1.82, 2.24) is 0 Å². The lowest BCUT2D eigenvalue weighted by molar-refractivity contribution is -0.132. The summed E-state index contributed by atoms with van der Waals surface area (Å²) in [5.74, 6) is -0.975. The van der Waals surface area contributed by atoms with E-state index >= 15 is 0 Å². The van der Waals surface area contributed by atoms with Crippen LogP contribution in [-0.2, 0) is 24.1 Å². The standard InChI is InChI=1S/C55H52N2O2S5/c1-4-6-8-10-15-39-30-47(64-51(39)38-24-22-37(23-25-38)50-43(35-20-18-34(3)19-21-35)27-26-36-14-12-13-17-44(36)57-50)52-40(16-11-9-7-5-2)29-45(62-52)46-32-49-54(63-46)53-48(61-49)31-42(60-53)28-41(33-56)55(58)59/h12-14,17-25,28-32,43H,4-11,15-16,26-27H2,1-3H3,(H,58,59)/b41-28+. The van der Waals surface area contributed by atoms with Gasteiger partial charge in [-0.3, -0.25) is 4.99 Å². The predicted molar refractivity (Wildman–Crippen MR) is 279 cm³/mol. The molecular formula is C55H52N2O2S5. The average Bonchev–Trinajstić information content (AvgIpc) is 4.13. The van der Waals surface area contributed by atoms with E-state index in [-0.39, 0.29) is 11.5 Å². The molecule has 64 heavy (non-hydrogen) atoms. The number of hydrogen-bond donors (Lipinski definition) is 1. The molecule has 6 heterocycles. The maximum absolute atomic E-state index is 11.5. The quantitative estimate of drug-likeness (QED) is 0.0562. The number of aliphatic carboxylic acids is 1. The maximum Gasteiger partial charge on any atom is 0.346 e. The van der Waals surface area contributed by atoms with Crippen molar-refractivity contribution in [2.75, 3.05) is 0 Å². The molecular weight excluding hydrogens is 881 g/mol. The molecule has 9 rings (SSSR count). The van der Waals surface area contributed by atoms with E-state index in [0.29, 0.717) is 0 Å². The number of para-hydroxylation sites is 1. The van der Waals surface area contributed by atoms with Crippen molar-refractivity contribution in [2.45, 2.75) is 104 Å². The van der Waals surface area contributed by atoms with Crippen molar-refractivity contribution < 1.29 is 9.90 Å². The van der Waals surface area contributed by atoms with Crippen LogP contribution in [0.1, 0.15) is 116 Å². The molecule has 0 aliphatic carbocycles. The third-order valence-corrected chi connectivity index (χ3v) is 18.9. The lowest BCUT2D eigenvalue weighted by Crippen LogP contribution is -2.14. The van der Waals surface area contributed by atoms with Crippen LogP contribution in [0.4, 0.5) is 5.69 Å². The minimum absolute atomic E-state index is 0.219. The molecule has 1 N–H and O–H groups in total. The Hall–Kier alpha value is -4.95. The molecule has 1 aliphatic heterocycles. The van der Waals surface area contributed by atoms with Crippen LogP contribution in [0.5, 0.6) is 0 Å². The number of carboxylic acid groups (broad SMARTS) is 1. The molecule has 8 aromatic rings. The Kier molecular flexibility index (Phi) is 13.9. The summed E-state index contributed by atoms with van der Waals surface area (Å²) in [6.45, 7) is 6.72. The SMILES string of the molecule is CCCCCCc1cc(-c2sc(-c3cc4sc5cc(/C=C(\C#N)C(=O)O)sc5c4s3)cc2CCCCCC)sc1-c1ccc(C2=Nc3ccccc3CCC2c2ccc(C)cc2)cc1. The van der Waals surface area contributed by atoms with Crippen LogP contribution in [0.3, 0.4) is 0 Å². The largest absolute Gasteiger partial charge is 0.477 e. The monoisotopic (exact) mass is 932 g/mol. The molecule has 0 saturated heterocycles. The summed E-state index contributed by atoms with van der Waals surface area (Å²) in [6.07, 6.45) is 15.5. The summed E-state index contributed by atoms with van der Waals surface area (Å²) >= 11 is 9.06. The Morgan fingerprint density at radius 3 is 2.08 bits per heavy atom. The van der Waals surface area contributed by atoms with E-state index in [4.69, 9.17) is 4.99 Å². The zero-order valence-corrected chi connectivity index (χ0v) is 40.8. The highest BCUT2D eigenvalue weighted by Gasteiger charge is 2.25. The van der Waals surface area contributed by atoms with Crippen LogP contribution in [0.15, 0.2) is 108 Å². The first-order chi connectivity index (χ1) is 31.3. The van der Waals surface area contributed by atoms with Crippen LogP contribution >= 0.6 is 56.7 Å². The first-order valence-corrected chi connectivity index (χ1v) is 26.8. The lowest BCUT2D eigenvalue weighted by Gasteiger charge is -2.19. The summed E-state index contributed by atoms with van der Waals surface area (Å²) in [5.41, 5.74) is 11.3. The molecule has 5 aromatic heterocycles. The summed E-state index contributed by atoms with van der Waals surface area (Å²) in [6, 6.07) is 38.2. The van der Waals surface area contributed by atoms with E-state index in [9.17, 15) is 15.2 Å². The van der Waals surface area contributed by atoms with E-state index in [1.807, 2.05) is 46.1 Å². The average molecular weight is 933 g/mol. The van der Waals surface area contributed by atoms with Gasteiger partial charge in [0.25, 0.3) is 0 Å². The fourth-order valence-electron chi connectivity index (χ4n) is 8.89. The van der Waals surface area contributed by atoms with Gasteiger partial charge in [0.2, 0.25) is 0 Å². The fraction of sp³-hybridized carbons (Fsp3) is 0.291. The fourth-order valence-corrected chi connectivity index (χ4v) is 15.5. The van der Waals surface area contributed by atoms with E-state index in [1.165, 1.54) is 135 Å². The van der Waals surface area contributed by atoms with Crippen molar-refractivity contribution in [2.24, 2.45) is 4.99 Å². The molecule has 0 bridgehead atoms. The number of aryl methyl sites for hydroxylation is 4. The number of hydrogen-bond acceptors (Lipinski definition) is 8. The topological polar surface area (TPSA) is 73.5 Å². The van der Waals surface area contributed by atoms with Crippen molar-refractivity contribution in [3.63, 3.8) is 0 Å². The van der Waals surface area contributed by atoms with Crippen molar-refractivity contribution >= 4 is 98.9 Å². The van der Waals surface area contributed by atoms with Crippen molar-refractivity contribution in [3.8, 4) is 36.0 Å². The van der Waals surface area contributed by atoms with Gasteiger partial charge in [0, 0.05) is 44.6 Å². The molecule has 0 saturated carbocycles. The lowest BCUT2D eigenvalue weighted by atomic mass is 9.85. The molecule has 1 unspecified atom stereocenters. The van der Waals surface area contributed by atoms with Gasteiger partial charge in [-0.25, -0.2) is 4.79 Å². The maximum atomic E-state index is 11.5. The van der Waals surface area contributed by atoms with Gasteiger partial charge in [0.05, 0.1) is 20.8 Å². The Balaban J connectivity index is 1.08. The number of thiophene rings is 5. The molecule has 1 atom stereocenters. The first kappa shape index (κ1) is 44.3. The Morgan fingerprint density at radius 2 is 1.36 bits per heavy atom. The highest BCUT2D eigenvalue weighted by molar-refractivity contribution is 7.40.